The fourth-order valence-electron chi connectivity index (χ4n) is 0.710. The van der Waals surface area contributed by atoms with Gasteiger partial charge in [-0.25, -0.2) is 0 Å². The van der Waals surface area contributed by atoms with Gasteiger partial charge in [0.2, 0.25) is 0 Å². The molecule has 0 aliphatic rings. The van der Waals surface area contributed by atoms with Gasteiger partial charge in [-0.3, -0.25) is 13.7 Å². The van der Waals surface area contributed by atoms with Crippen molar-refractivity contribution in [3.05, 3.63) is 29.8 Å². The fourth-order valence-corrected chi connectivity index (χ4v) is 1.19. The third-order valence-corrected chi connectivity index (χ3v) is 2.19. The monoisotopic (exact) mass is 306 g/mol. The molecule has 1 aromatic carbocycles. The van der Waals surface area contributed by atoms with Crippen LogP contribution in [0.1, 0.15) is 5.56 Å². The van der Waals surface area contributed by atoms with Crippen LogP contribution in [0.25, 0.3) is 0 Å². The number of rotatable bonds is 1. The molecule has 0 fully saturated rings. The summed E-state index contributed by atoms with van der Waals surface area (Å²) >= 11 is 0. The van der Waals surface area contributed by atoms with Gasteiger partial charge in [-0.2, -0.15) is 16.8 Å². The standard InChI is InChI=1S/C7H8O3S.H2O4S.2H2O/c1-6-2-4-7(5-3-6)11(8,9)10;1-5(2,3)4;;/h2-5H,1H3,(H,8,9,10);(H2,1,2,3,4);2*1H2. The minimum absolute atomic E-state index is 0. The van der Waals surface area contributed by atoms with Gasteiger partial charge in [0.05, 0.1) is 4.90 Å². The first-order valence-corrected chi connectivity index (χ1v) is 6.58. The van der Waals surface area contributed by atoms with E-state index >= 15 is 0 Å². The maximum atomic E-state index is 10.5. The Morgan fingerprint density at radius 1 is 0.833 bits per heavy atom. The zero-order valence-electron chi connectivity index (χ0n) is 9.10. The average molecular weight is 306 g/mol. The average Bonchev–Trinajstić information content (AvgIpc) is 1.99. The Morgan fingerprint density at radius 2 is 1.11 bits per heavy atom. The molecule has 18 heavy (non-hydrogen) atoms. The number of hydrogen-bond acceptors (Lipinski definition) is 4. The lowest BCUT2D eigenvalue weighted by atomic mass is 10.2. The normalized spacial score (nSPS) is 10.2. The lowest BCUT2D eigenvalue weighted by Gasteiger charge is -1.95. The Balaban J connectivity index is -0.000000282. The van der Waals surface area contributed by atoms with E-state index in [1.165, 1.54) is 12.1 Å². The molecule has 0 aliphatic heterocycles. The molecule has 108 valence electrons. The highest BCUT2D eigenvalue weighted by atomic mass is 32.3. The molecule has 0 amide bonds. The summed E-state index contributed by atoms with van der Waals surface area (Å²) in [4.78, 5) is -0.0666. The lowest BCUT2D eigenvalue weighted by molar-refractivity contribution is 0.381. The van der Waals surface area contributed by atoms with Crippen LogP contribution in [0.5, 0.6) is 0 Å². The first kappa shape index (κ1) is 22.1. The van der Waals surface area contributed by atoms with Crippen molar-refractivity contribution in [2.45, 2.75) is 11.8 Å². The Hall–Kier alpha value is -1.08. The summed E-state index contributed by atoms with van der Waals surface area (Å²) in [6.07, 6.45) is 0. The second kappa shape index (κ2) is 8.10. The largest absolute Gasteiger partial charge is 0.412 e. The smallest absolute Gasteiger partial charge is 0.394 e. The van der Waals surface area contributed by atoms with Gasteiger partial charge >= 0.3 is 10.4 Å². The summed E-state index contributed by atoms with van der Waals surface area (Å²) < 4.78 is 61.1. The van der Waals surface area contributed by atoms with E-state index in [0.29, 0.717) is 0 Å². The van der Waals surface area contributed by atoms with Crippen molar-refractivity contribution in [3.63, 3.8) is 0 Å². The summed E-state index contributed by atoms with van der Waals surface area (Å²) in [5.74, 6) is 0. The van der Waals surface area contributed by atoms with Gasteiger partial charge in [-0.1, -0.05) is 17.7 Å². The molecule has 0 aromatic heterocycles. The Labute approximate surface area is 104 Å². The molecule has 0 atom stereocenters. The second-order valence-corrected chi connectivity index (χ2v) is 5.05. The number of hydrogen-bond donors (Lipinski definition) is 3. The highest BCUT2D eigenvalue weighted by Crippen LogP contribution is 2.08. The predicted octanol–water partition coefficient (Wildman–Crippen LogP) is -1.06. The van der Waals surface area contributed by atoms with E-state index < -0.39 is 20.5 Å². The van der Waals surface area contributed by atoms with Crippen molar-refractivity contribution in [2.24, 2.45) is 0 Å². The molecule has 11 heteroatoms. The van der Waals surface area contributed by atoms with Gasteiger partial charge in [0.15, 0.2) is 0 Å². The molecule has 7 N–H and O–H groups in total. The van der Waals surface area contributed by atoms with Crippen molar-refractivity contribution < 1.29 is 41.4 Å². The van der Waals surface area contributed by atoms with E-state index in [9.17, 15) is 8.42 Å². The van der Waals surface area contributed by atoms with E-state index in [4.69, 9.17) is 22.1 Å². The highest BCUT2D eigenvalue weighted by molar-refractivity contribution is 7.85. The van der Waals surface area contributed by atoms with Crippen LogP contribution < -0.4 is 0 Å². The first-order valence-electron chi connectivity index (χ1n) is 3.74. The maximum Gasteiger partial charge on any atom is 0.394 e. The zero-order valence-corrected chi connectivity index (χ0v) is 10.7. The molecule has 9 nitrogen and oxygen atoms in total. The van der Waals surface area contributed by atoms with E-state index in [1.54, 1.807) is 12.1 Å². The molecule has 0 heterocycles. The fraction of sp³-hybridized carbons (Fsp3) is 0.143. The molecule has 1 rings (SSSR count). The maximum absolute atomic E-state index is 10.5. The quantitative estimate of drug-likeness (QED) is 0.550. The summed E-state index contributed by atoms with van der Waals surface area (Å²) in [6.45, 7) is 1.84. The minimum Gasteiger partial charge on any atom is -0.412 e. The number of benzene rings is 1. The van der Waals surface area contributed by atoms with Crippen LogP contribution in [0, 0.1) is 6.92 Å². The van der Waals surface area contributed by atoms with Crippen LogP contribution >= 0.6 is 0 Å². The molecular formula is C7H14O9S2. The van der Waals surface area contributed by atoms with Crippen LogP contribution in [0.3, 0.4) is 0 Å². The highest BCUT2D eigenvalue weighted by Gasteiger charge is 2.06. The Bertz CT molecular complexity index is 521. The molecule has 0 saturated carbocycles. The van der Waals surface area contributed by atoms with Gasteiger partial charge in [0.1, 0.15) is 0 Å². The van der Waals surface area contributed by atoms with Crippen molar-refractivity contribution in [2.75, 3.05) is 0 Å². The van der Waals surface area contributed by atoms with E-state index in [0.717, 1.165) is 5.56 Å². The Morgan fingerprint density at radius 3 is 1.33 bits per heavy atom. The SMILES string of the molecule is Cc1ccc(S(=O)(=O)O)cc1.O.O.O=S(=O)(O)O. The minimum atomic E-state index is -4.67. The summed E-state index contributed by atoms with van der Waals surface area (Å²) in [6, 6.07) is 5.99. The molecular weight excluding hydrogens is 292 g/mol. The van der Waals surface area contributed by atoms with Gasteiger partial charge in [0.25, 0.3) is 10.1 Å². The van der Waals surface area contributed by atoms with Crippen molar-refractivity contribution >= 4 is 20.5 Å². The lowest BCUT2D eigenvalue weighted by Crippen LogP contribution is -1.96. The third-order valence-electron chi connectivity index (χ3n) is 1.32. The van der Waals surface area contributed by atoms with Crippen LogP contribution in [0.2, 0.25) is 0 Å². The summed E-state index contributed by atoms with van der Waals surface area (Å²) in [5, 5.41) is 0. The molecule has 0 unspecified atom stereocenters. The van der Waals surface area contributed by atoms with Crippen molar-refractivity contribution in [1.82, 2.24) is 0 Å². The van der Waals surface area contributed by atoms with Crippen LogP contribution in [-0.4, -0.2) is 41.4 Å². The van der Waals surface area contributed by atoms with E-state index in [-0.39, 0.29) is 15.8 Å². The second-order valence-electron chi connectivity index (χ2n) is 2.74. The number of aryl methyl sites for hydroxylation is 1. The summed E-state index contributed by atoms with van der Waals surface area (Å²) in [5.41, 5.74) is 0.956. The topological polar surface area (TPSA) is 192 Å². The first-order chi connectivity index (χ1) is 7.00. The van der Waals surface area contributed by atoms with Gasteiger partial charge in [-0.05, 0) is 19.1 Å². The Kier molecular flexibility index (Phi) is 9.96. The predicted molar refractivity (Wildman–Crippen MR) is 62.4 cm³/mol. The molecule has 0 aliphatic carbocycles. The third kappa shape index (κ3) is 13.0. The molecule has 1 aromatic rings. The van der Waals surface area contributed by atoms with Crippen molar-refractivity contribution in [3.8, 4) is 0 Å². The van der Waals surface area contributed by atoms with Gasteiger partial charge in [0, 0.05) is 0 Å². The molecule has 0 spiro atoms. The van der Waals surface area contributed by atoms with Crippen molar-refractivity contribution in [1.29, 1.82) is 0 Å². The molecule has 0 saturated heterocycles. The molecule has 0 radical (unpaired) electrons. The zero-order chi connectivity index (χ0) is 13.0. The van der Waals surface area contributed by atoms with Crippen LogP contribution in [0.4, 0.5) is 0 Å². The molecule has 0 bridgehead atoms. The van der Waals surface area contributed by atoms with Gasteiger partial charge in [-0.15, -0.1) is 0 Å². The van der Waals surface area contributed by atoms with Gasteiger partial charge < -0.3 is 11.0 Å². The van der Waals surface area contributed by atoms with Crippen LogP contribution in [-0.2, 0) is 20.5 Å². The summed E-state index contributed by atoms with van der Waals surface area (Å²) in [7, 11) is -8.69. The van der Waals surface area contributed by atoms with E-state index in [1.807, 2.05) is 6.92 Å². The van der Waals surface area contributed by atoms with E-state index in [2.05, 4.69) is 0 Å². The van der Waals surface area contributed by atoms with Crippen LogP contribution in [0.15, 0.2) is 29.2 Å².